The van der Waals surface area contributed by atoms with Crippen LogP contribution in [0.15, 0.2) is 18.3 Å². The first-order valence-electron chi connectivity index (χ1n) is 6.10. The van der Waals surface area contributed by atoms with E-state index in [1.165, 1.54) is 5.56 Å². The first-order chi connectivity index (χ1) is 8.20. The van der Waals surface area contributed by atoms with Crippen LogP contribution in [0.2, 0.25) is 0 Å². The molecule has 0 fully saturated rings. The average Bonchev–Trinajstić information content (AvgIpc) is 2.31. The number of nitrogens with two attached hydrogens (primary N) is 1. The lowest BCUT2D eigenvalue weighted by molar-refractivity contribution is 0.203. The molecule has 0 unspecified atom stereocenters. The summed E-state index contributed by atoms with van der Waals surface area (Å²) in [5, 5.41) is 0. The molecule has 1 rings (SSSR count). The van der Waals surface area contributed by atoms with E-state index in [0.717, 1.165) is 18.8 Å². The third kappa shape index (κ3) is 3.98. The molecule has 96 valence electrons. The summed E-state index contributed by atoms with van der Waals surface area (Å²) in [6.07, 6.45) is 2.69. The molecule has 1 aromatic rings. The van der Waals surface area contributed by atoms with Gasteiger partial charge in [0.05, 0.1) is 6.61 Å². The van der Waals surface area contributed by atoms with Gasteiger partial charge in [-0.25, -0.2) is 4.98 Å². The Morgan fingerprint density at radius 1 is 1.47 bits per heavy atom. The molecule has 4 heteroatoms. The first kappa shape index (κ1) is 13.9. The van der Waals surface area contributed by atoms with Crippen molar-refractivity contribution < 1.29 is 4.74 Å². The Kier molecular flexibility index (Phi) is 5.94. The first-order valence-corrected chi connectivity index (χ1v) is 6.10. The van der Waals surface area contributed by atoms with E-state index in [-0.39, 0.29) is 0 Å². The SMILES string of the molecule is COCCN(c1ncccc1CCN)C(C)C. The van der Waals surface area contributed by atoms with E-state index in [0.29, 0.717) is 19.2 Å². The Bertz CT molecular complexity index is 328. The van der Waals surface area contributed by atoms with Crippen LogP contribution in [0, 0.1) is 0 Å². The highest BCUT2D eigenvalue weighted by atomic mass is 16.5. The summed E-state index contributed by atoms with van der Waals surface area (Å²) in [5.74, 6) is 1.03. The molecule has 0 saturated carbocycles. The summed E-state index contributed by atoms with van der Waals surface area (Å²) in [5.41, 5.74) is 6.84. The Morgan fingerprint density at radius 3 is 2.82 bits per heavy atom. The standard InChI is InChI=1S/C13H23N3O/c1-11(2)16(9-10-17-3)13-12(6-7-14)5-4-8-15-13/h4-5,8,11H,6-7,9-10,14H2,1-3H3. The highest BCUT2D eigenvalue weighted by Gasteiger charge is 2.14. The number of aromatic nitrogens is 1. The van der Waals surface area contributed by atoms with Crippen LogP contribution < -0.4 is 10.6 Å². The zero-order valence-electron chi connectivity index (χ0n) is 11.0. The maximum absolute atomic E-state index is 5.63. The molecule has 1 heterocycles. The summed E-state index contributed by atoms with van der Waals surface area (Å²) >= 11 is 0. The van der Waals surface area contributed by atoms with E-state index in [4.69, 9.17) is 10.5 Å². The molecule has 0 radical (unpaired) electrons. The lowest BCUT2D eigenvalue weighted by atomic mass is 10.1. The van der Waals surface area contributed by atoms with Crippen molar-refractivity contribution in [1.29, 1.82) is 0 Å². The number of hydrogen-bond donors (Lipinski definition) is 1. The predicted octanol–water partition coefficient (Wildman–Crippen LogP) is 1.44. The summed E-state index contributed by atoms with van der Waals surface area (Å²) < 4.78 is 5.15. The van der Waals surface area contributed by atoms with Crippen molar-refractivity contribution in [1.82, 2.24) is 4.98 Å². The number of nitrogens with zero attached hydrogens (tertiary/aromatic N) is 2. The second kappa shape index (κ2) is 7.25. The Labute approximate surface area is 104 Å². The molecule has 0 saturated heterocycles. The van der Waals surface area contributed by atoms with Gasteiger partial charge in [0.15, 0.2) is 0 Å². The summed E-state index contributed by atoms with van der Waals surface area (Å²) in [6, 6.07) is 4.46. The highest BCUT2D eigenvalue weighted by Crippen LogP contribution is 2.19. The van der Waals surface area contributed by atoms with Crippen molar-refractivity contribution >= 4 is 5.82 Å². The van der Waals surface area contributed by atoms with Gasteiger partial charge < -0.3 is 15.4 Å². The number of anilines is 1. The van der Waals surface area contributed by atoms with Crippen LogP contribution in [0.1, 0.15) is 19.4 Å². The molecule has 0 aliphatic heterocycles. The smallest absolute Gasteiger partial charge is 0.132 e. The second-order valence-corrected chi connectivity index (χ2v) is 4.30. The molecule has 2 N–H and O–H groups in total. The van der Waals surface area contributed by atoms with Crippen molar-refractivity contribution in [2.45, 2.75) is 26.3 Å². The molecule has 0 amide bonds. The largest absolute Gasteiger partial charge is 0.383 e. The quantitative estimate of drug-likeness (QED) is 0.779. The topological polar surface area (TPSA) is 51.4 Å². The van der Waals surface area contributed by atoms with Gasteiger partial charge in [0.1, 0.15) is 5.82 Å². The normalized spacial score (nSPS) is 10.9. The monoisotopic (exact) mass is 237 g/mol. The van der Waals surface area contributed by atoms with E-state index in [9.17, 15) is 0 Å². The van der Waals surface area contributed by atoms with Gasteiger partial charge in [0.2, 0.25) is 0 Å². The molecule has 17 heavy (non-hydrogen) atoms. The fraction of sp³-hybridized carbons (Fsp3) is 0.615. The highest BCUT2D eigenvalue weighted by molar-refractivity contribution is 5.47. The molecule has 4 nitrogen and oxygen atoms in total. The van der Waals surface area contributed by atoms with E-state index >= 15 is 0 Å². The summed E-state index contributed by atoms with van der Waals surface area (Å²) in [6.45, 7) is 6.53. The molecule has 0 aliphatic rings. The van der Waals surface area contributed by atoms with Gasteiger partial charge >= 0.3 is 0 Å². The fourth-order valence-corrected chi connectivity index (χ4v) is 1.84. The molecular formula is C13H23N3O. The van der Waals surface area contributed by atoms with Crippen LogP contribution in [0.5, 0.6) is 0 Å². The van der Waals surface area contributed by atoms with E-state index in [1.807, 2.05) is 12.3 Å². The van der Waals surface area contributed by atoms with Crippen LogP contribution in [-0.4, -0.2) is 37.8 Å². The number of ether oxygens (including phenoxy) is 1. The van der Waals surface area contributed by atoms with Gasteiger partial charge in [-0.3, -0.25) is 0 Å². The van der Waals surface area contributed by atoms with Crippen molar-refractivity contribution in [2.75, 3.05) is 31.7 Å². The van der Waals surface area contributed by atoms with E-state index in [1.54, 1.807) is 7.11 Å². The van der Waals surface area contributed by atoms with Gasteiger partial charge in [-0.2, -0.15) is 0 Å². The zero-order valence-corrected chi connectivity index (χ0v) is 11.0. The maximum atomic E-state index is 5.63. The number of methoxy groups -OCH3 is 1. The van der Waals surface area contributed by atoms with Crippen molar-refractivity contribution in [3.05, 3.63) is 23.9 Å². The minimum atomic E-state index is 0.400. The number of rotatable bonds is 7. The van der Waals surface area contributed by atoms with Gasteiger partial charge in [0, 0.05) is 25.9 Å². The lowest BCUT2D eigenvalue weighted by Gasteiger charge is -2.29. The Hall–Kier alpha value is -1.13. The van der Waals surface area contributed by atoms with Crippen LogP contribution in [0.3, 0.4) is 0 Å². The number of pyridine rings is 1. The maximum Gasteiger partial charge on any atom is 0.132 e. The van der Waals surface area contributed by atoms with Crippen LogP contribution >= 0.6 is 0 Å². The molecule has 0 aromatic carbocycles. The molecule has 0 bridgehead atoms. The van der Waals surface area contributed by atoms with Crippen molar-refractivity contribution in [3.8, 4) is 0 Å². The fourth-order valence-electron chi connectivity index (χ4n) is 1.84. The van der Waals surface area contributed by atoms with Crippen LogP contribution in [0.25, 0.3) is 0 Å². The summed E-state index contributed by atoms with van der Waals surface area (Å²) in [7, 11) is 1.72. The van der Waals surface area contributed by atoms with Gasteiger partial charge in [0.25, 0.3) is 0 Å². The van der Waals surface area contributed by atoms with Gasteiger partial charge in [-0.05, 0) is 38.4 Å². The van der Waals surface area contributed by atoms with E-state index < -0.39 is 0 Å². The van der Waals surface area contributed by atoms with Gasteiger partial charge in [-0.15, -0.1) is 0 Å². The molecular weight excluding hydrogens is 214 g/mol. The zero-order chi connectivity index (χ0) is 12.7. The van der Waals surface area contributed by atoms with Crippen LogP contribution in [0.4, 0.5) is 5.82 Å². The Balaban J connectivity index is 2.91. The second-order valence-electron chi connectivity index (χ2n) is 4.30. The molecule has 0 aliphatic carbocycles. The number of hydrogen-bond acceptors (Lipinski definition) is 4. The molecule has 0 atom stereocenters. The third-order valence-corrected chi connectivity index (χ3v) is 2.71. The molecule has 0 spiro atoms. The minimum absolute atomic E-state index is 0.400. The third-order valence-electron chi connectivity index (χ3n) is 2.71. The predicted molar refractivity (Wildman–Crippen MR) is 71.4 cm³/mol. The Morgan fingerprint density at radius 2 is 2.24 bits per heavy atom. The minimum Gasteiger partial charge on any atom is -0.383 e. The lowest BCUT2D eigenvalue weighted by Crippen LogP contribution is -2.35. The van der Waals surface area contributed by atoms with E-state index in [2.05, 4.69) is 29.8 Å². The van der Waals surface area contributed by atoms with Crippen molar-refractivity contribution in [3.63, 3.8) is 0 Å². The van der Waals surface area contributed by atoms with Gasteiger partial charge in [-0.1, -0.05) is 6.07 Å². The average molecular weight is 237 g/mol. The summed E-state index contributed by atoms with van der Waals surface area (Å²) in [4.78, 5) is 6.75. The van der Waals surface area contributed by atoms with Crippen LogP contribution in [-0.2, 0) is 11.2 Å². The molecule has 1 aromatic heterocycles. The van der Waals surface area contributed by atoms with Crippen molar-refractivity contribution in [2.24, 2.45) is 5.73 Å².